The SMILES string of the molecule is N#Cc1ccc(C(=O)NC2CCC(n3cccn3)CC2)cc1. The van der Waals surface area contributed by atoms with E-state index in [0.29, 0.717) is 17.2 Å². The first-order chi connectivity index (χ1) is 10.8. The third-order valence-corrected chi connectivity index (χ3v) is 4.21. The molecule has 3 rings (SSSR count). The van der Waals surface area contributed by atoms with E-state index in [1.165, 1.54) is 0 Å². The van der Waals surface area contributed by atoms with Crippen LogP contribution in [0.25, 0.3) is 0 Å². The molecule has 22 heavy (non-hydrogen) atoms. The zero-order valence-electron chi connectivity index (χ0n) is 12.3. The first-order valence-electron chi connectivity index (χ1n) is 7.56. The molecule has 1 aliphatic rings. The van der Waals surface area contributed by atoms with Crippen LogP contribution in [-0.4, -0.2) is 21.7 Å². The maximum absolute atomic E-state index is 12.2. The lowest BCUT2D eigenvalue weighted by atomic mass is 9.91. The van der Waals surface area contributed by atoms with Gasteiger partial charge in [-0.1, -0.05) is 0 Å². The Hall–Kier alpha value is -2.61. The fraction of sp³-hybridized carbons (Fsp3) is 0.353. The molecule has 1 aromatic heterocycles. The van der Waals surface area contributed by atoms with Crippen LogP contribution in [0.2, 0.25) is 0 Å². The Morgan fingerprint density at radius 3 is 2.55 bits per heavy atom. The highest BCUT2D eigenvalue weighted by atomic mass is 16.1. The second-order valence-electron chi connectivity index (χ2n) is 5.65. The predicted molar refractivity (Wildman–Crippen MR) is 82.1 cm³/mol. The average molecular weight is 294 g/mol. The van der Waals surface area contributed by atoms with E-state index in [1.807, 2.05) is 16.9 Å². The minimum absolute atomic E-state index is 0.0629. The first-order valence-corrected chi connectivity index (χ1v) is 7.56. The largest absolute Gasteiger partial charge is 0.349 e. The molecule has 0 radical (unpaired) electrons. The number of carbonyl (C=O) groups is 1. The van der Waals surface area contributed by atoms with Crippen LogP contribution < -0.4 is 5.32 Å². The van der Waals surface area contributed by atoms with E-state index in [1.54, 1.807) is 30.5 Å². The summed E-state index contributed by atoms with van der Waals surface area (Å²) in [5.41, 5.74) is 1.17. The number of nitrogens with one attached hydrogen (secondary N) is 1. The van der Waals surface area contributed by atoms with Crippen LogP contribution in [-0.2, 0) is 0 Å². The Labute approximate surface area is 129 Å². The highest BCUT2D eigenvalue weighted by Gasteiger charge is 2.23. The summed E-state index contributed by atoms with van der Waals surface area (Å²) < 4.78 is 2.01. The third-order valence-electron chi connectivity index (χ3n) is 4.21. The molecule has 1 fully saturated rings. The number of nitriles is 1. The lowest BCUT2D eigenvalue weighted by Gasteiger charge is -2.29. The van der Waals surface area contributed by atoms with Crippen molar-refractivity contribution in [1.82, 2.24) is 15.1 Å². The van der Waals surface area contributed by atoms with Crippen molar-refractivity contribution in [2.45, 2.75) is 37.8 Å². The smallest absolute Gasteiger partial charge is 0.251 e. The number of nitrogens with zero attached hydrogens (tertiary/aromatic N) is 3. The molecule has 1 amide bonds. The predicted octanol–water partition coefficient (Wildman–Crippen LogP) is 2.67. The van der Waals surface area contributed by atoms with Gasteiger partial charge in [0.25, 0.3) is 5.91 Å². The van der Waals surface area contributed by atoms with Gasteiger partial charge in [-0.15, -0.1) is 0 Å². The summed E-state index contributed by atoms with van der Waals surface area (Å²) in [7, 11) is 0. The van der Waals surface area contributed by atoms with Gasteiger partial charge in [-0.05, 0) is 56.0 Å². The molecule has 1 N–H and O–H groups in total. The topological polar surface area (TPSA) is 70.7 Å². The lowest BCUT2D eigenvalue weighted by molar-refractivity contribution is 0.0921. The van der Waals surface area contributed by atoms with Crippen LogP contribution in [0.15, 0.2) is 42.7 Å². The van der Waals surface area contributed by atoms with E-state index in [2.05, 4.69) is 16.5 Å². The van der Waals surface area contributed by atoms with Crippen molar-refractivity contribution in [3.63, 3.8) is 0 Å². The van der Waals surface area contributed by atoms with Crippen LogP contribution in [0, 0.1) is 11.3 Å². The van der Waals surface area contributed by atoms with Crippen LogP contribution in [0.3, 0.4) is 0 Å². The van der Waals surface area contributed by atoms with Crippen molar-refractivity contribution < 1.29 is 4.79 Å². The third kappa shape index (κ3) is 3.17. The van der Waals surface area contributed by atoms with Gasteiger partial charge < -0.3 is 5.32 Å². The quantitative estimate of drug-likeness (QED) is 0.946. The minimum atomic E-state index is -0.0629. The van der Waals surface area contributed by atoms with E-state index in [4.69, 9.17) is 5.26 Å². The average Bonchev–Trinajstić information content (AvgIpc) is 3.10. The molecule has 1 saturated carbocycles. The van der Waals surface area contributed by atoms with Gasteiger partial charge >= 0.3 is 0 Å². The maximum atomic E-state index is 12.2. The molecule has 5 nitrogen and oxygen atoms in total. The summed E-state index contributed by atoms with van der Waals surface area (Å²) in [6, 6.07) is 11.4. The van der Waals surface area contributed by atoms with Crippen LogP contribution in [0.4, 0.5) is 0 Å². The van der Waals surface area contributed by atoms with E-state index < -0.39 is 0 Å². The fourth-order valence-corrected chi connectivity index (χ4v) is 2.95. The Bertz CT molecular complexity index is 662. The van der Waals surface area contributed by atoms with Crippen molar-refractivity contribution in [1.29, 1.82) is 5.26 Å². The molecule has 0 atom stereocenters. The molecule has 1 aromatic carbocycles. The summed E-state index contributed by atoms with van der Waals surface area (Å²) in [4.78, 5) is 12.2. The normalized spacial score (nSPS) is 21.0. The van der Waals surface area contributed by atoms with Crippen molar-refractivity contribution in [3.05, 3.63) is 53.9 Å². The van der Waals surface area contributed by atoms with Crippen molar-refractivity contribution in [3.8, 4) is 6.07 Å². The van der Waals surface area contributed by atoms with Crippen LogP contribution >= 0.6 is 0 Å². The van der Waals surface area contributed by atoms with E-state index in [9.17, 15) is 4.79 Å². The first kappa shape index (κ1) is 14.3. The summed E-state index contributed by atoms with van der Waals surface area (Å²) in [6.07, 6.45) is 7.79. The van der Waals surface area contributed by atoms with Gasteiger partial charge in [-0.2, -0.15) is 10.4 Å². The number of aromatic nitrogens is 2. The van der Waals surface area contributed by atoms with Crippen LogP contribution in [0.5, 0.6) is 0 Å². The van der Waals surface area contributed by atoms with E-state index in [0.717, 1.165) is 25.7 Å². The van der Waals surface area contributed by atoms with Gasteiger partial charge in [0.05, 0.1) is 17.7 Å². The molecule has 112 valence electrons. The molecule has 1 heterocycles. The zero-order valence-corrected chi connectivity index (χ0v) is 12.3. The molecule has 1 aliphatic carbocycles. The van der Waals surface area contributed by atoms with Gasteiger partial charge in [-0.3, -0.25) is 9.48 Å². The van der Waals surface area contributed by atoms with Gasteiger partial charge in [0.1, 0.15) is 0 Å². The minimum Gasteiger partial charge on any atom is -0.349 e. The lowest BCUT2D eigenvalue weighted by Crippen LogP contribution is -2.38. The van der Waals surface area contributed by atoms with Crippen molar-refractivity contribution in [2.24, 2.45) is 0 Å². The van der Waals surface area contributed by atoms with Gasteiger partial charge in [0.15, 0.2) is 0 Å². The molecule has 0 spiro atoms. The number of rotatable bonds is 3. The second-order valence-corrected chi connectivity index (χ2v) is 5.65. The van der Waals surface area contributed by atoms with Crippen molar-refractivity contribution in [2.75, 3.05) is 0 Å². The highest BCUT2D eigenvalue weighted by molar-refractivity contribution is 5.94. The molecule has 0 bridgehead atoms. The van der Waals surface area contributed by atoms with Gasteiger partial charge in [0, 0.05) is 24.0 Å². The van der Waals surface area contributed by atoms with Gasteiger partial charge in [-0.25, -0.2) is 0 Å². The molecular weight excluding hydrogens is 276 g/mol. The maximum Gasteiger partial charge on any atom is 0.251 e. The number of benzene rings is 1. The monoisotopic (exact) mass is 294 g/mol. The molecule has 0 aliphatic heterocycles. The number of carbonyl (C=O) groups excluding carboxylic acids is 1. The molecule has 5 heteroatoms. The second kappa shape index (κ2) is 6.44. The van der Waals surface area contributed by atoms with Gasteiger partial charge in [0.2, 0.25) is 0 Å². The highest BCUT2D eigenvalue weighted by Crippen LogP contribution is 2.27. The Balaban J connectivity index is 1.53. The fourth-order valence-electron chi connectivity index (χ4n) is 2.95. The summed E-state index contributed by atoms with van der Waals surface area (Å²) in [5, 5.41) is 16.2. The number of hydrogen-bond donors (Lipinski definition) is 1. The Kier molecular flexibility index (Phi) is 4.19. The molecule has 0 unspecified atom stereocenters. The Morgan fingerprint density at radius 2 is 1.95 bits per heavy atom. The Morgan fingerprint density at radius 1 is 1.23 bits per heavy atom. The standard InChI is InChI=1S/C17H18N4O/c18-12-13-2-4-14(5-3-13)17(22)20-15-6-8-16(9-7-15)21-11-1-10-19-21/h1-5,10-11,15-16H,6-9H2,(H,20,22). The summed E-state index contributed by atoms with van der Waals surface area (Å²) in [5.74, 6) is -0.0629. The number of amides is 1. The molecule has 2 aromatic rings. The summed E-state index contributed by atoms with van der Waals surface area (Å²) >= 11 is 0. The van der Waals surface area contributed by atoms with Crippen molar-refractivity contribution >= 4 is 5.91 Å². The van der Waals surface area contributed by atoms with E-state index >= 15 is 0 Å². The zero-order chi connectivity index (χ0) is 15.4. The van der Waals surface area contributed by atoms with E-state index in [-0.39, 0.29) is 11.9 Å². The molecular formula is C17H18N4O. The molecule has 0 saturated heterocycles. The summed E-state index contributed by atoms with van der Waals surface area (Å²) in [6.45, 7) is 0. The van der Waals surface area contributed by atoms with Crippen LogP contribution in [0.1, 0.15) is 47.6 Å². The number of hydrogen-bond acceptors (Lipinski definition) is 3.